The number of rotatable bonds is 2. The molecule has 2 aromatic rings. The molecule has 0 saturated carbocycles. The van der Waals surface area contributed by atoms with Crippen LogP contribution in [0.15, 0.2) is 17.5 Å². The van der Waals surface area contributed by atoms with Crippen molar-refractivity contribution < 1.29 is 0 Å². The first kappa shape index (κ1) is 8.72. The zero-order valence-electron chi connectivity index (χ0n) is 7.28. The molecular weight excluding hydrogens is 200 g/mol. The van der Waals surface area contributed by atoms with Gasteiger partial charge in [0.2, 0.25) is 0 Å². The number of thiophene rings is 1. The molecule has 0 aliphatic carbocycles. The summed E-state index contributed by atoms with van der Waals surface area (Å²) in [5.74, 6) is 0. The van der Waals surface area contributed by atoms with E-state index in [-0.39, 0.29) is 0 Å². The van der Waals surface area contributed by atoms with Gasteiger partial charge in [0.15, 0.2) is 5.13 Å². The summed E-state index contributed by atoms with van der Waals surface area (Å²) in [4.78, 5) is 6.86. The number of aromatic nitrogens is 1. The molecule has 0 aliphatic heterocycles. The first-order valence-electron chi connectivity index (χ1n) is 4.00. The van der Waals surface area contributed by atoms with Crippen molar-refractivity contribution in [3.05, 3.63) is 33.0 Å². The molecule has 2 heterocycles. The van der Waals surface area contributed by atoms with Gasteiger partial charge in [-0.1, -0.05) is 6.07 Å². The minimum Gasteiger partial charge on any atom is -0.375 e. The van der Waals surface area contributed by atoms with Gasteiger partial charge in [0, 0.05) is 16.2 Å². The predicted octanol–water partition coefficient (Wildman–Crippen LogP) is 2.69. The van der Waals surface area contributed by atoms with Crippen LogP contribution in [0.1, 0.15) is 15.4 Å². The van der Waals surface area contributed by atoms with Crippen LogP contribution in [0.2, 0.25) is 0 Å². The molecule has 4 heteroatoms. The van der Waals surface area contributed by atoms with Gasteiger partial charge in [0.05, 0.1) is 5.69 Å². The zero-order chi connectivity index (χ0) is 9.26. The largest absolute Gasteiger partial charge is 0.375 e. The molecular formula is C9H10N2S2. The fourth-order valence-electron chi connectivity index (χ4n) is 1.19. The third-order valence-corrected chi connectivity index (χ3v) is 3.55. The highest BCUT2D eigenvalue weighted by atomic mass is 32.1. The van der Waals surface area contributed by atoms with Crippen LogP contribution < -0.4 is 5.73 Å². The van der Waals surface area contributed by atoms with Crippen molar-refractivity contribution in [1.29, 1.82) is 0 Å². The van der Waals surface area contributed by atoms with E-state index in [1.54, 1.807) is 22.7 Å². The molecule has 0 aliphatic rings. The number of nitrogens with two attached hydrogens (primary N) is 1. The second-order valence-corrected chi connectivity index (χ2v) is 5.08. The Morgan fingerprint density at radius 2 is 2.38 bits per heavy atom. The number of nitrogens with zero attached hydrogens (tertiary/aromatic N) is 1. The zero-order valence-corrected chi connectivity index (χ0v) is 8.91. The lowest BCUT2D eigenvalue weighted by Gasteiger charge is -1.93. The standard InChI is InChI=1S/C9H10N2S2/c1-6-8(11-9(10)13-6)5-7-3-2-4-12-7/h2-4H,5H2,1H3,(H2,10,11). The molecule has 2 aromatic heterocycles. The van der Waals surface area contributed by atoms with Crippen molar-refractivity contribution in [2.24, 2.45) is 0 Å². The molecule has 0 fully saturated rings. The minimum absolute atomic E-state index is 0.670. The Kier molecular flexibility index (Phi) is 2.33. The molecule has 13 heavy (non-hydrogen) atoms. The number of hydrogen-bond donors (Lipinski definition) is 1. The van der Waals surface area contributed by atoms with Crippen LogP contribution in [-0.4, -0.2) is 4.98 Å². The average molecular weight is 210 g/mol. The number of anilines is 1. The molecule has 0 spiro atoms. The fourth-order valence-corrected chi connectivity index (χ4v) is 2.61. The fraction of sp³-hybridized carbons (Fsp3) is 0.222. The van der Waals surface area contributed by atoms with Crippen LogP contribution in [0.3, 0.4) is 0 Å². The Bertz CT molecular complexity index is 390. The maximum atomic E-state index is 5.62. The lowest BCUT2D eigenvalue weighted by Crippen LogP contribution is -1.88. The minimum atomic E-state index is 0.670. The van der Waals surface area contributed by atoms with E-state index in [4.69, 9.17) is 5.73 Å². The molecule has 0 atom stereocenters. The topological polar surface area (TPSA) is 38.9 Å². The molecule has 0 amide bonds. The first-order valence-corrected chi connectivity index (χ1v) is 5.69. The van der Waals surface area contributed by atoms with E-state index in [0.717, 1.165) is 12.1 Å². The normalized spacial score (nSPS) is 10.5. The Morgan fingerprint density at radius 1 is 1.54 bits per heavy atom. The van der Waals surface area contributed by atoms with E-state index in [2.05, 4.69) is 29.4 Å². The highest BCUT2D eigenvalue weighted by Gasteiger charge is 2.06. The highest BCUT2D eigenvalue weighted by molar-refractivity contribution is 7.15. The molecule has 2 N–H and O–H groups in total. The van der Waals surface area contributed by atoms with Gasteiger partial charge in [-0.3, -0.25) is 0 Å². The van der Waals surface area contributed by atoms with Crippen molar-refractivity contribution in [3.63, 3.8) is 0 Å². The third kappa shape index (κ3) is 1.89. The molecule has 0 aromatic carbocycles. The Morgan fingerprint density at radius 3 is 2.92 bits per heavy atom. The molecule has 2 rings (SSSR count). The van der Waals surface area contributed by atoms with E-state index in [0.29, 0.717) is 5.13 Å². The van der Waals surface area contributed by atoms with Crippen molar-refractivity contribution in [2.45, 2.75) is 13.3 Å². The van der Waals surface area contributed by atoms with Crippen molar-refractivity contribution in [1.82, 2.24) is 4.98 Å². The summed E-state index contributed by atoms with van der Waals surface area (Å²) in [6, 6.07) is 4.19. The number of aryl methyl sites for hydroxylation is 1. The van der Waals surface area contributed by atoms with Crippen molar-refractivity contribution >= 4 is 27.8 Å². The van der Waals surface area contributed by atoms with Crippen LogP contribution >= 0.6 is 22.7 Å². The molecule has 0 bridgehead atoms. The molecule has 0 unspecified atom stereocenters. The second kappa shape index (κ2) is 3.47. The number of nitrogen functional groups attached to an aromatic ring is 1. The van der Waals surface area contributed by atoms with Crippen LogP contribution in [-0.2, 0) is 6.42 Å². The lowest BCUT2D eigenvalue weighted by atomic mass is 10.2. The van der Waals surface area contributed by atoms with Gasteiger partial charge < -0.3 is 5.73 Å². The van der Waals surface area contributed by atoms with Crippen LogP contribution in [0, 0.1) is 6.92 Å². The Balaban J connectivity index is 2.23. The maximum absolute atomic E-state index is 5.62. The summed E-state index contributed by atoms with van der Waals surface area (Å²) in [7, 11) is 0. The van der Waals surface area contributed by atoms with Gasteiger partial charge in [0.25, 0.3) is 0 Å². The van der Waals surface area contributed by atoms with Gasteiger partial charge in [-0.2, -0.15) is 0 Å². The quantitative estimate of drug-likeness (QED) is 0.827. The summed E-state index contributed by atoms with van der Waals surface area (Å²) in [5.41, 5.74) is 6.73. The van der Waals surface area contributed by atoms with Gasteiger partial charge in [0.1, 0.15) is 0 Å². The Hall–Kier alpha value is -0.870. The summed E-state index contributed by atoms with van der Waals surface area (Å²) in [6.07, 6.45) is 0.914. The van der Waals surface area contributed by atoms with Crippen LogP contribution in [0.5, 0.6) is 0 Å². The van der Waals surface area contributed by atoms with E-state index in [9.17, 15) is 0 Å². The van der Waals surface area contributed by atoms with Crippen molar-refractivity contribution in [3.8, 4) is 0 Å². The third-order valence-electron chi connectivity index (χ3n) is 1.83. The first-order chi connectivity index (χ1) is 6.25. The van der Waals surface area contributed by atoms with Gasteiger partial charge in [-0.15, -0.1) is 22.7 Å². The van der Waals surface area contributed by atoms with E-state index in [1.165, 1.54) is 9.75 Å². The second-order valence-electron chi connectivity index (χ2n) is 2.81. The summed E-state index contributed by atoms with van der Waals surface area (Å²) in [5, 5.41) is 2.75. The molecule has 2 nitrogen and oxygen atoms in total. The van der Waals surface area contributed by atoms with E-state index in [1.807, 2.05) is 0 Å². The lowest BCUT2D eigenvalue weighted by molar-refractivity contribution is 1.11. The predicted molar refractivity (Wildman–Crippen MR) is 58.4 cm³/mol. The van der Waals surface area contributed by atoms with Crippen molar-refractivity contribution in [2.75, 3.05) is 5.73 Å². The molecule has 0 radical (unpaired) electrons. The average Bonchev–Trinajstić information content (AvgIpc) is 2.63. The van der Waals surface area contributed by atoms with Gasteiger partial charge in [-0.05, 0) is 18.4 Å². The van der Waals surface area contributed by atoms with E-state index < -0.39 is 0 Å². The number of thiazole rings is 1. The van der Waals surface area contributed by atoms with Crippen LogP contribution in [0.25, 0.3) is 0 Å². The van der Waals surface area contributed by atoms with Crippen LogP contribution in [0.4, 0.5) is 5.13 Å². The maximum Gasteiger partial charge on any atom is 0.180 e. The van der Waals surface area contributed by atoms with E-state index >= 15 is 0 Å². The SMILES string of the molecule is Cc1sc(N)nc1Cc1cccs1. The summed E-state index contributed by atoms with van der Waals surface area (Å²) < 4.78 is 0. The monoisotopic (exact) mass is 210 g/mol. The van der Waals surface area contributed by atoms with Gasteiger partial charge >= 0.3 is 0 Å². The summed E-state index contributed by atoms with van der Waals surface area (Å²) >= 11 is 3.32. The summed E-state index contributed by atoms with van der Waals surface area (Å²) in [6.45, 7) is 2.07. The van der Waals surface area contributed by atoms with Gasteiger partial charge in [-0.25, -0.2) is 4.98 Å². The molecule has 68 valence electrons. The Labute approximate surface area is 85.1 Å². The highest BCUT2D eigenvalue weighted by Crippen LogP contribution is 2.23. The smallest absolute Gasteiger partial charge is 0.180 e. The number of hydrogen-bond acceptors (Lipinski definition) is 4. The molecule has 0 saturated heterocycles.